The number of hydrogen-bond acceptors (Lipinski definition) is 4. The van der Waals surface area contributed by atoms with Crippen LogP contribution in [0.3, 0.4) is 0 Å². The topological polar surface area (TPSA) is 47.0 Å². The molecule has 0 aliphatic carbocycles. The standard InChI is InChI=1S/C11H16ClN3O/c1-8(5-9-3-2-4-16-9)14-11-7-13-6-10(12)15-11/h6-9H,2-5H2,1H3,(H,14,15). The Kier molecular flexibility index (Phi) is 3.96. The highest BCUT2D eigenvalue weighted by molar-refractivity contribution is 6.29. The molecule has 1 N–H and O–H groups in total. The number of ether oxygens (including phenoxy) is 1. The summed E-state index contributed by atoms with van der Waals surface area (Å²) in [5.74, 6) is 0.720. The Hall–Kier alpha value is -0.870. The van der Waals surface area contributed by atoms with Gasteiger partial charge in [-0.25, -0.2) is 4.98 Å². The van der Waals surface area contributed by atoms with Crippen LogP contribution in [0.1, 0.15) is 26.2 Å². The molecular formula is C11H16ClN3O. The molecular weight excluding hydrogens is 226 g/mol. The normalized spacial score (nSPS) is 22.0. The number of nitrogens with one attached hydrogen (secondary N) is 1. The van der Waals surface area contributed by atoms with Crippen LogP contribution >= 0.6 is 11.6 Å². The minimum Gasteiger partial charge on any atom is -0.378 e. The molecule has 0 bridgehead atoms. The van der Waals surface area contributed by atoms with Crippen molar-refractivity contribution in [2.24, 2.45) is 0 Å². The lowest BCUT2D eigenvalue weighted by Crippen LogP contribution is -2.22. The molecule has 4 nitrogen and oxygen atoms in total. The zero-order valence-electron chi connectivity index (χ0n) is 9.32. The highest BCUT2D eigenvalue weighted by atomic mass is 35.5. The van der Waals surface area contributed by atoms with Crippen LogP contribution in [0.4, 0.5) is 5.82 Å². The zero-order valence-corrected chi connectivity index (χ0v) is 10.1. The molecule has 0 radical (unpaired) electrons. The first-order valence-corrected chi connectivity index (χ1v) is 5.97. The Morgan fingerprint density at radius 2 is 2.50 bits per heavy atom. The maximum Gasteiger partial charge on any atom is 0.149 e. The van der Waals surface area contributed by atoms with Crippen LogP contribution in [0, 0.1) is 0 Å². The minimum atomic E-state index is 0.316. The number of hydrogen-bond donors (Lipinski definition) is 1. The van der Waals surface area contributed by atoms with E-state index in [1.165, 1.54) is 12.6 Å². The van der Waals surface area contributed by atoms with E-state index in [1.54, 1.807) is 6.20 Å². The molecule has 1 aliphatic heterocycles. The van der Waals surface area contributed by atoms with E-state index in [0.717, 1.165) is 25.3 Å². The van der Waals surface area contributed by atoms with Gasteiger partial charge in [-0.3, -0.25) is 4.98 Å². The minimum absolute atomic E-state index is 0.316. The molecule has 1 fully saturated rings. The molecule has 1 aliphatic rings. The first-order valence-electron chi connectivity index (χ1n) is 5.60. The van der Waals surface area contributed by atoms with Gasteiger partial charge in [-0.2, -0.15) is 0 Å². The van der Waals surface area contributed by atoms with E-state index in [4.69, 9.17) is 16.3 Å². The summed E-state index contributed by atoms with van der Waals surface area (Å²) in [6.07, 6.45) is 6.92. The second kappa shape index (κ2) is 5.46. The molecule has 0 aromatic carbocycles. The summed E-state index contributed by atoms with van der Waals surface area (Å²) >= 11 is 5.76. The fraction of sp³-hybridized carbons (Fsp3) is 0.636. The summed E-state index contributed by atoms with van der Waals surface area (Å²) in [4.78, 5) is 8.12. The van der Waals surface area contributed by atoms with Gasteiger partial charge in [0.2, 0.25) is 0 Å². The van der Waals surface area contributed by atoms with Gasteiger partial charge >= 0.3 is 0 Å². The lowest BCUT2D eigenvalue weighted by molar-refractivity contribution is 0.101. The highest BCUT2D eigenvalue weighted by Crippen LogP contribution is 2.18. The van der Waals surface area contributed by atoms with Gasteiger partial charge in [0.1, 0.15) is 11.0 Å². The number of nitrogens with zero attached hydrogens (tertiary/aromatic N) is 2. The van der Waals surface area contributed by atoms with Crippen molar-refractivity contribution in [3.05, 3.63) is 17.5 Å². The molecule has 5 heteroatoms. The summed E-state index contributed by atoms with van der Waals surface area (Å²) in [6.45, 7) is 3.01. The molecule has 2 rings (SSSR count). The average Bonchev–Trinajstić information content (AvgIpc) is 2.70. The molecule has 0 amide bonds. The van der Waals surface area contributed by atoms with Crippen molar-refractivity contribution in [1.29, 1.82) is 0 Å². The summed E-state index contributed by atoms with van der Waals surface area (Å²) in [5, 5.41) is 3.68. The zero-order chi connectivity index (χ0) is 11.4. The first kappa shape index (κ1) is 11.6. The van der Waals surface area contributed by atoms with Gasteiger partial charge in [-0.1, -0.05) is 11.6 Å². The maximum absolute atomic E-state index is 5.76. The average molecular weight is 242 g/mol. The second-order valence-corrected chi connectivity index (χ2v) is 4.53. The fourth-order valence-electron chi connectivity index (χ4n) is 1.95. The van der Waals surface area contributed by atoms with Crippen LogP contribution in [0.2, 0.25) is 5.15 Å². The van der Waals surface area contributed by atoms with E-state index in [9.17, 15) is 0 Å². The lowest BCUT2D eigenvalue weighted by Gasteiger charge is -2.17. The van der Waals surface area contributed by atoms with E-state index in [2.05, 4.69) is 22.2 Å². The van der Waals surface area contributed by atoms with Crippen molar-refractivity contribution in [1.82, 2.24) is 9.97 Å². The predicted octanol–water partition coefficient (Wildman–Crippen LogP) is 2.50. The number of anilines is 1. The van der Waals surface area contributed by atoms with Crippen molar-refractivity contribution in [3.63, 3.8) is 0 Å². The van der Waals surface area contributed by atoms with Crippen LogP contribution in [-0.4, -0.2) is 28.7 Å². The lowest BCUT2D eigenvalue weighted by atomic mass is 10.1. The Balaban J connectivity index is 1.84. The fourth-order valence-corrected chi connectivity index (χ4v) is 2.10. The van der Waals surface area contributed by atoms with Gasteiger partial charge in [0.25, 0.3) is 0 Å². The van der Waals surface area contributed by atoms with Crippen LogP contribution in [0.15, 0.2) is 12.4 Å². The van der Waals surface area contributed by atoms with Gasteiger partial charge < -0.3 is 10.1 Å². The van der Waals surface area contributed by atoms with Gasteiger partial charge in [0, 0.05) is 12.6 Å². The third-order valence-corrected chi connectivity index (χ3v) is 2.82. The molecule has 1 aromatic heterocycles. The Bertz CT molecular complexity index is 342. The summed E-state index contributed by atoms with van der Waals surface area (Å²) in [7, 11) is 0. The largest absolute Gasteiger partial charge is 0.378 e. The summed E-state index contributed by atoms with van der Waals surface area (Å²) in [6, 6.07) is 0.316. The van der Waals surface area contributed by atoms with Gasteiger partial charge in [0.15, 0.2) is 0 Å². The van der Waals surface area contributed by atoms with E-state index in [1.807, 2.05) is 0 Å². The molecule has 2 atom stereocenters. The first-order chi connectivity index (χ1) is 7.74. The number of rotatable bonds is 4. The summed E-state index contributed by atoms with van der Waals surface area (Å²) < 4.78 is 5.58. The molecule has 88 valence electrons. The van der Waals surface area contributed by atoms with Gasteiger partial charge in [0.05, 0.1) is 18.5 Å². The van der Waals surface area contributed by atoms with Gasteiger partial charge in [-0.15, -0.1) is 0 Å². The Morgan fingerprint density at radius 1 is 1.62 bits per heavy atom. The van der Waals surface area contributed by atoms with Crippen LogP contribution in [0.5, 0.6) is 0 Å². The molecule has 2 heterocycles. The summed E-state index contributed by atoms with van der Waals surface area (Å²) in [5.41, 5.74) is 0. The molecule has 16 heavy (non-hydrogen) atoms. The van der Waals surface area contributed by atoms with E-state index >= 15 is 0 Å². The maximum atomic E-state index is 5.76. The highest BCUT2D eigenvalue weighted by Gasteiger charge is 2.18. The molecule has 1 saturated heterocycles. The monoisotopic (exact) mass is 241 g/mol. The van der Waals surface area contributed by atoms with E-state index in [-0.39, 0.29) is 0 Å². The SMILES string of the molecule is CC(CC1CCCO1)Nc1cncc(Cl)n1. The van der Waals surface area contributed by atoms with Crippen molar-refractivity contribution in [3.8, 4) is 0 Å². The number of halogens is 1. The predicted molar refractivity (Wildman–Crippen MR) is 63.7 cm³/mol. The number of aromatic nitrogens is 2. The molecule has 2 unspecified atom stereocenters. The molecule has 0 spiro atoms. The van der Waals surface area contributed by atoms with Crippen LogP contribution in [0.25, 0.3) is 0 Å². The molecule has 0 saturated carbocycles. The van der Waals surface area contributed by atoms with Gasteiger partial charge in [-0.05, 0) is 26.2 Å². The van der Waals surface area contributed by atoms with Crippen molar-refractivity contribution in [2.45, 2.75) is 38.3 Å². The Morgan fingerprint density at radius 3 is 3.19 bits per heavy atom. The smallest absolute Gasteiger partial charge is 0.149 e. The molecule has 1 aromatic rings. The van der Waals surface area contributed by atoms with E-state index < -0.39 is 0 Å². The Labute approximate surface area is 100 Å². The van der Waals surface area contributed by atoms with E-state index in [0.29, 0.717) is 17.3 Å². The quantitative estimate of drug-likeness (QED) is 0.880. The van der Waals surface area contributed by atoms with Crippen molar-refractivity contribution >= 4 is 17.4 Å². The van der Waals surface area contributed by atoms with Crippen LogP contribution in [-0.2, 0) is 4.74 Å². The third-order valence-electron chi connectivity index (χ3n) is 2.64. The van der Waals surface area contributed by atoms with Crippen molar-refractivity contribution in [2.75, 3.05) is 11.9 Å². The second-order valence-electron chi connectivity index (χ2n) is 4.14. The van der Waals surface area contributed by atoms with Crippen LogP contribution < -0.4 is 5.32 Å². The third kappa shape index (κ3) is 3.32. The van der Waals surface area contributed by atoms with Crippen molar-refractivity contribution < 1.29 is 4.74 Å².